The second kappa shape index (κ2) is 3.94. The highest BCUT2D eigenvalue weighted by molar-refractivity contribution is 5.81. The summed E-state index contributed by atoms with van der Waals surface area (Å²) in [7, 11) is 1.92. The van der Waals surface area contributed by atoms with Gasteiger partial charge in [0.05, 0.1) is 11.0 Å². The molecule has 0 aliphatic rings. The molecule has 0 bridgehead atoms. The summed E-state index contributed by atoms with van der Waals surface area (Å²) in [6, 6.07) is 16.4. The summed E-state index contributed by atoms with van der Waals surface area (Å²) in [6.07, 6.45) is 1.86. The minimum absolute atomic E-state index is 1.01. The van der Waals surface area contributed by atoms with Crippen LogP contribution in [0, 0.1) is 0 Å². The number of fused-ring (bicyclic) bond motifs is 1. The van der Waals surface area contributed by atoms with E-state index in [9.17, 15) is 0 Å². The third-order valence-electron chi connectivity index (χ3n) is 2.87. The van der Waals surface area contributed by atoms with E-state index in [1.54, 1.807) is 0 Å². The normalized spacial score (nSPS) is 10.6. The molecular formula is C14H13N3. The van der Waals surface area contributed by atoms with Crippen molar-refractivity contribution in [3.05, 3.63) is 54.9 Å². The number of hydrogen-bond acceptors (Lipinski definition) is 2. The van der Waals surface area contributed by atoms with Crippen LogP contribution in [0.2, 0.25) is 0 Å². The van der Waals surface area contributed by atoms with Crippen molar-refractivity contribution >= 4 is 16.7 Å². The molecule has 1 aromatic heterocycles. The lowest BCUT2D eigenvalue weighted by atomic mass is 10.2. The van der Waals surface area contributed by atoms with Gasteiger partial charge >= 0.3 is 0 Å². The van der Waals surface area contributed by atoms with Gasteiger partial charge in [0, 0.05) is 18.4 Å². The average molecular weight is 223 g/mol. The van der Waals surface area contributed by atoms with Crippen molar-refractivity contribution in [2.75, 3.05) is 12.4 Å². The van der Waals surface area contributed by atoms with Crippen molar-refractivity contribution in [3.8, 4) is 5.69 Å². The predicted molar refractivity (Wildman–Crippen MR) is 70.6 cm³/mol. The molecule has 0 atom stereocenters. The second-order valence-corrected chi connectivity index (χ2v) is 3.90. The van der Waals surface area contributed by atoms with Gasteiger partial charge in [-0.1, -0.05) is 18.2 Å². The SMILES string of the molecule is CNc1ccc2ncn(-c3ccccc3)c2c1. The lowest BCUT2D eigenvalue weighted by Crippen LogP contribution is -1.92. The summed E-state index contributed by atoms with van der Waals surface area (Å²) in [4.78, 5) is 4.41. The van der Waals surface area contributed by atoms with Crippen molar-refractivity contribution in [2.24, 2.45) is 0 Å². The van der Waals surface area contributed by atoms with E-state index in [1.807, 2.05) is 43.7 Å². The summed E-state index contributed by atoms with van der Waals surface area (Å²) in [5, 5.41) is 3.15. The van der Waals surface area contributed by atoms with Gasteiger partial charge in [0.2, 0.25) is 0 Å². The van der Waals surface area contributed by atoms with Crippen LogP contribution < -0.4 is 5.32 Å². The third kappa shape index (κ3) is 1.65. The van der Waals surface area contributed by atoms with E-state index >= 15 is 0 Å². The summed E-state index contributed by atoms with van der Waals surface area (Å²) in [6.45, 7) is 0. The molecule has 0 aliphatic heterocycles. The van der Waals surface area contributed by atoms with Crippen LogP contribution in [0.5, 0.6) is 0 Å². The van der Waals surface area contributed by atoms with Gasteiger partial charge in [0.15, 0.2) is 0 Å². The van der Waals surface area contributed by atoms with Gasteiger partial charge in [-0.05, 0) is 30.3 Å². The second-order valence-electron chi connectivity index (χ2n) is 3.90. The zero-order valence-electron chi connectivity index (χ0n) is 9.59. The molecule has 3 nitrogen and oxygen atoms in total. The van der Waals surface area contributed by atoms with E-state index in [2.05, 4.69) is 33.1 Å². The van der Waals surface area contributed by atoms with Crippen LogP contribution >= 0.6 is 0 Å². The highest BCUT2D eigenvalue weighted by Crippen LogP contribution is 2.21. The molecule has 3 aromatic rings. The van der Waals surface area contributed by atoms with Gasteiger partial charge in [-0.15, -0.1) is 0 Å². The maximum atomic E-state index is 4.41. The van der Waals surface area contributed by atoms with Gasteiger partial charge in [-0.25, -0.2) is 4.98 Å². The minimum atomic E-state index is 1.01. The van der Waals surface area contributed by atoms with Crippen LogP contribution in [-0.2, 0) is 0 Å². The molecule has 0 unspecified atom stereocenters. The Bertz CT molecular complexity index is 641. The van der Waals surface area contributed by atoms with Crippen LogP contribution in [0.1, 0.15) is 0 Å². The molecule has 0 saturated carbocycles. The molecule has 0 radical (unpaired) electrons. The Morgan fingerprint density at radius 1 is 1.06 bits per heavy atom. The van der Waals surface area contributed by atoms with Gasteiger partial charge in [-0.2, -0.15) is 0 Å². The van der Waals surface area contributed by atoms with E-state index in [0.29, 0.717) is 0 Å². The minimum Gasteiger partial charge on any atom is -0.388 e. The van der Waals surface area contributed by atoms with Crippen LogP contribution in [0.15, 0.2) is 54.9 Å². The maximum Gasteiger partial charge on any atom is 0.100 e. The lowest BCUT2D eigenvalue weighted by molar-refractivity contribution is 1.09. The summed E-state index contributed by atoms with van der Waals surface area (Å²) in [5.74, 6) is 0. The quantitative estimate of drug-likeness (QED) is 0.723. The largest absolute Gasteiger partial charge is 0.388 e. The van der Waals surface area contributed by atoms with Gasteiger partial charge < -0.3 is 5.32 Å². The van der Waals surface area contributed by atoms with Crippen molar-refractivity contribution in [3.63, 3.8) is 0 Å². The first kappa shape index (κ1) is 9.90. The molecular weight excluding hydrogens is 210 g/mol. The first-order valence-electron chi connectivity index (χ1n) is 5.59. The number of nitrogens with zero attached hydrogens (tertiary/aromatic N) is 2. The molecule has 1 heterocycles. The number of para-hydroxylation sites is 1. The van der Waals surface area contributed by atoms with Gasteiger partial charge in [-0.3, -0.25) is 4.57 Å². The van der Waals surface area contributed by atoms with Crippen LogP contribution in [-0.4, -0.2) is 16.6 Å². The molecule has 0 aliphatic carbocycles. The van der Waals surface area contributed by atoms with E-state index in [0.717, 1.165) is 22.4 Å². The first-order valence-corrected chi connectivity index (χ1v) is 5.59. The Balaban J connectivity index is 2.23. The molecule has 84 valence electrons. The van der Waals surface area contributed by atoms with Crippen LogP contribution in [0.4, 0.5) is 5.69 Å². The number of hydrogen-bond donors (Lipinski definition) is 1. The number of imidazole rings is 1. The Labute approximate surface area is 99.7 Å². The van der Waals surface area contributed by atoms with Gasteiger partial charge in [0.25, 0.3) is 0 Å². The predicted octanol–water partition coefficient (Wildman–Crippen LogP) is 3.07. The van der Waals surface area contributed by atoms with E-state index in [-0.39, 0.29) is 0 Å². The van der Waals surface area contributed by atoms with Crippen molar-refractivity contribution in [2.45, 2.75) is 0 Å². The first-order chi connectivity index (χ1) is 8.38. The fourth-order valence-electron chi connectivity index (χ4n) is 1.96. The van der Waals surface area contributed by atoms with E-state index in [1.165, 1.54) is 0 Å². The maximum absolute atomic E-state index is 4.41. The standard InChI is InChI=1S/C14H13N3/c1-15-11-7-8-13-14(9-11)17(10-16-13)12-5-3-2-4-6-12/h2-10,15H,1H3. The molecule has 1 N–H and O–H groups in total. The van der Waals surface area contributed by atoms with Crippen LogP contribution in [0.25, 0.3) is 16.7 Å². The molecule has 0 amide bonds. The van der Waals surface area contributed by atoms with E-state index in [4.69, 9.17) is 0 Å². The van der Waals surface area contributed by atoms with Gasteiger partial charge in [0.1, 0.15) is 6.33 Å². The zero-order valence-corrected chi connectivity index (χ0v) is 9.59. The highest BCUT2D eigenvalue weighted by Gasteiger charge is 2.04. The Morgan fingerprint density at radius 2 is 1.88 bits per heavy atom. The third-order valence-corrected chi connectivity index (χ3v) is 2.87. The smallest absolute Gasteiger partial charge is 0.100 e. The molecule has 0 spiro atoms. The molecule has 0 fully saturated rings. The Kier molecular flexibility index (Phi) is 2.29. The lowest BCUT2D eigenvalue weighted by Gasteiger charge is -2.05. The monoisotopic (exact) mass is 223 g/mol. The van der Waals surface area contributed by atoms with E-state index < -0.39 is 0 Å². The summed E-state index contributed by atoms with van der Waals surface area (Å²) < 4.78 is 2.09. The van der Waals surface area contributed by atoms with Crippen molar-refractivity contribution < 1.29 is 0 Å². The zero-order chi connectivity index (χ0) is 11.7. The Morgan fingerprint density at radius 3 is 2.65 bits per heavy atom. The van der Waals surface area contributed by atoms with Crippen LogP contribution in [0.3, 0.4) is 0 Å². The molecule has 17 heavy (non-hydrogen) atoms. The number of rotatable bonds is 2. The number of anilines is 1. The van der Waals surface area contributed by atoms with Crippen molar-refractivity contribution in [1.29, 1.82) is 0 Å². The van der Waals surface area contributed by atoms with Crippen molar-refractivity contribution in [1.82, 2.24) is 9.55 Å². The fourth-order valence-corrected chi connectivity index (χ4v) is 1.96. The fraction of sp³-hybridized carbons (Fsp3) is 0.0714. The topological polar surface area (TPSA) is 29.9 Å². The summed E-state index contributed by atoms with van der Waals surface area (Å²) >= 11 is 0. The highest BCUT2D eigenvalue weighted by atomic mass is 15.0. The number of aromatic nitrogens is 2. The number of nitrogens with one attached hydrogen (secondary N) is 1. The molecule has 2 aromatic carbocycles. The molecule has 3 rings (SSSR count). The average Bonchev–Trinajstić information content (AvgIpc) is 2.82. The molecule has 0 saturated heterocycles. The molecule has 3 heteroatoms. The Hall–Kier alpha value is -2.29. The summed E-state index contributed by atoms with van der Waals surface area (Å²) in [5.41, 5.74) is 4.34. The number of benzene rings is 2.